The molecular weight excluding hydrogens is 381 g/mol. The Morgan fingerprint density at radius 3 is 2.27 bits per heavy atom. The third kappa shape index (κ3) is 5.09. The van der Waals surface area contributed by atoms with Gasteiger partial charge in [-0.25, -0.2) is 0 Å². The summed E-state index contributed by atoms with van der Waals surface area (Å²) >= 11 is 12.0. The highest BCUT2D eigenvalue weighted by molar-refractivity contribution is 6.35. The van der Waals surface area contributed by atoms with Crippen molar-refractivity contribution >= 4 is 29.1 Å². The Balaban J connectivity index is 2.17. The number of hydrogen-bond acceptors (Lipinski definition) is 5. The summed E-state index contributed by atoms with van der Waals surface area (Å²) in [4.78, 5) is 12.3. The fraction of sp³-hybridized carbons (Fsp3) is 0.278. The van der Waals surface area contributed by atoms with Crippen LogP contribution in [0.3, 0.4) is 0 Å². The zero-order chi connectivity index (χ0) is 19.2. The van der Waals surface area contributed by atoms with Crippen LogP contribution in [-0.4, -0.2) is 46.6 Å². The molecule has 0 aliphatic rings. The Labute approximate surface area is 160 Å². The van der Waals surface area contributed by atoms with Crippen LogP contribution in [-0.2, 0) is 11.2 Å². The summed E-state index contributed by atoms with van der Waals surface area (Å²) in [6.07, 6.45) is -0.0802. The van der Waals surface area contributed by atoms with Gasteiger partial charge in [0.25, 0.3) is 0 Å². The van der Waals surface area contributed by atoms with Gasteiger partial charge in [0.05, 0.1) is 31.3 Å². The molecule has 0 saturated heterocycles. The number of halogens is 2. The summed E-state index contributed by atoms with van der Waals surface area (Å²) in [6, 6.07) is 11.7. The molecule has 0 aliphatic heterocycles. The lowest BCUT2D eigenvalue weighted by atomic mass is 10.0. The average Bonchev–Trinajstić information content (AvgIpc) is 2.63. The minimum absolute atomic E-state index is 0.0802. The van der Waals surface area contributed by atoms with Crippen molar-refractivity contribution in [1.82, 2.24) is 5.32 Å². The zero-order valence-electron chi connectivity index (χ0n) is 13.8. The van der Waals surface area contributed by atoms with E-state index in [4.69, 9.17) is 27.9 Å². The molecule has 0 heterocycles. The van der Waals surface area contributed by atoms with Gasteiger partial charge in [0.2, 0.25) is 5.91 Å². The van der Waals surface area contributed by atoms with Crippen LogP contribution in [0.25, 0.3) is 0 Å². The molecule has 1 amide bonds. The van der Waals surface area contributed by atoms with E-state index in [2.05, 4.69) is 5.32 Å². The van der Waals surface area contributed by atoms with Crippen molar-refractivity contribution in [3.63, 3.8) is 0 Å². The highest BCUT2D eigenvalue weighted by Crippen LogP contribution is 2.33. The molecule has 0 atom stereocenters. The number of hydrogen-bond donors (Lipinski definition) is 4. The summed E-state index contributed by atoms with van der Waals surface area (Å²) in [5.41, 5.74) is -0.912. The van der Waals surface area contributed by atoms with Crippen molar-refractivity contribution in [1.29, 1.82) is 0 Å². The van der Waals surface area contributed by atoms with Gasteiger partial charge in [-0.15, -0.1) is 0 Å². The number of para-hydroxylation sites is 1. The largest absolute Gasteiger partial charge is 0.456 e. The maximum absolute atomic E-state index is 12.3. The maximum atomic E-state index is 12.3. The fourth-order valence-electron chi connectivity index (χ4n) is 2.21. The average molecular weight is 400 g/mol. The molecule has 0 fully saturated rings. The Hall–Kier alpha value is -1.83. The lowest BCUT2D eigenvalue weighted by Crippen LogP contribution is -2.57. The van der Waals surface area contributed by atoms with Gasteiger partial charge in [-0.3, -0.25) is 4.79 Å². The molecule has 0 aromatic heterocycles. The molecule has 0 aliphatic carbocycles. The van der Waals surface area contributed by atoms with E-state index in [1.54, 1.807) is 42.5 Å². The predicted molar refractivity (Wildman–Crippen MR) is 98.8 cm³/mol. The van der Waals surface area contributed by atoms with Crippen molar-refractivity contribution in [2.45, 2.75) is 12.0 Å². The molecule has 0 saturated carbocycles. The Bertz CT molecular complexity index is 757. The van der Waals surface area contributed by atoms with Crippen LogP contribution in [0.2, 0.25) is 10.0 Å². The second-order valence-electron chi connectivity index (χ2n) is 5.76. The molecule has 2 aromatic rings. The fourth-order valence-corrected chi connectivity index (χ4v) is 2.65. The predicted octanol–water partition coefficient (Wildman–Crippen LogP) is 2.16. The van der Waals surface area contributed by atoms with Gasteiger partial charge in [0.15, 0.2) is 0 Å². The van der Waals surface area contributed by atoms with Gasteiger partial charge in [0, 0.05) is 10.6 Å². The number of aliphatic hydroxyl groups excluding tert-OH is 3. The lowest BCUT2D eigenvalue weighted by molar-refractivity contribution is -0.124. The van der Waals surface area contributed by atoms with Crippen LogP contribution < -0.4 is 10.1 Å². The van der Waals surface area contributed by atoms with Crippen molar-refractivity contribution in [2.24, 2.45) is 0 Å². The minimum atomic E-state index is -1.48. The summed E-state index contributed by atoms with van der Waals surface area (Å²) in [5, 5.41) is 31.2. The molecule has 2 aromatic carbocycles. The van der Waals surface area contributed by atoms with Crippen molar-refractivity contribution < 1.29 is 24.9 Å². The second-order valence-corrected chi connectivity index (χ2v) is 6.61. The van der Waals surface area contributed by atoms with E-state index in [1.807, 2.05) is 0 Å². The van der Waals surface area contributed by atoms with Crippen LogP contribution >= 0.6 is 23.2 Å². The quantitative estimate of drug-likeness (QED) is 0.545. The number of carbonyl (C=O) groups excluding carboxylic acids is 1. The number of benzene rings is 2. The SMILES string of the molecule is O=C(Cc1ccccc1Oc1ccc(Cl)cc1Cl)NC(CO)(CO)CO. The van der Waals surface area contributed by atoms with Crippen molar-refractivity contribution in [3.05, 3.63) is 58.1 Å². The lowest BCUT2D eigenvalue weighted by Gasteiger charge is -2.28. The third-order valence-electron chi connectivity index (χ3n) is 3.75. The monoisotopic (exact) mass is 399 g/mol. The summed E-state index contributed by atoms with van der Waals surface area (Å²) in [6.45, 7) is -1.78. The molecular formula is C18H19Cl2NO5. The van der Waals surface area contributed by atoms with Gasteiger partial charge < -0.3 is 25.4 Å². The van der Waals surface area contributed by atoms with Crippen LogP contribution in [0.1, 0.15) is 5.56 Å². The van der Waals surface area contributed by atoms with Crippen molar-refractivity contribution in [3.8, 4) is 11.5 Å². The van der Waals surface area contributed by atoms with Crippen LogP contribution in [0.5, 0.6) is 11.5 Å². The van der Waals surface area contributed by atoms with Crippen molar-refractivity contribution in [2.75, 3.05) is 19.8 Å². The van der Waals surface area contributed by atoms with E-state index in [0.717, 1.165) is 0 Å². The summed E-state index contributed by atoms with van der Waals surface area (Å²) < 4.78 is 5.79. The summed E-state index contributed by atoms with van der Waals surface area (Å²) in [5.74, 6) is 0.328. The van der Waals surface area contributed by atoms with Crippen LogP contribution in [0.4, 0.5) is 0 Å². The molecule has 6 nitrogen and oxygen atoms in total. The first-order chi connectivity index (χ1) is 12.4. The number of carbonyl (C=O) groups is 1. The van der Waals surface area contributed by atoms with Crippen LogP contribution in [0, 0.1) is 0 Å². The van der Waals surface area contributed by atoms with E-state index < -0.39 is 31.3 Å². The standard InChI is InChI=1S/C18H19Cl2NO5/c19-13-5-6-16(14(20)8-13)26-15-4-2-1-3-12(15)7-17(25)21-18(9-22,10-23)11-24/h1-6,8,22-24H,7,9-11H2,(H,21,25). The summed E-state index contributed by atoms with van der Waals surface area (Å²) in [7, 11) is 0. The number of rotatable bonds is 8. The van der Waals surface area contributed by atoms with Crippen LogP contribution in [0.15, 0.2) is 42.5 Å². The number of nitrogens with one attached hydrogen (secondary N) is 1. The Morgan fingerprint density at radius 1 is 1.00 bits per heavy atom. The first kappa shape index (κ1) is 20.5. The highest BCUT2D eigenvalue weighted by Gasteiger charge is 2.30. The zero-order valence-corrected chi connectivity index (χ0v) is 15.3. The molecule has 4 N–H and O–H groups in total. The number of aliphatic hydroxyl groups is 3. The molecule has 26 heavy (non-hydrogen) atoms. The van der Waals surface area contributed by atoms with Gasteiger partial charge in [-0.05, 0) is 24.3 Å². The van der Waals surface area contributed by atoms with E-state index in [-0.39, 0.29) is 6.42 Å². The molecule has 140 valence electrons. The normalized spacial score (nSPS) is 11.3. The van der Waals surface area contributed by atoms with E-state index in [9.17, 15) is 20.1 Å². The van der Waals surface area contributed by atoms with Gasteiger partial charge >= 0.3 is 0 Å². The molecule has 2 rings (SSSR count). The maximum Gasteiger partial charge on any atom is 0.225 e. The van der Waals surface area contributed by atoms with E-state index in [1.165, 1.54) is 0 Å². The van der Waals surface area contributed by atoms with E-state index >= 15 is 0 Å². The minimum Gasteiger partial charge on any atom is -0.456 e. The van der Waals surface area contributed by atoms with Gasteiger partial charge in [-0.1, -0.05) is 41.4 Å². The van der Waals surface area contributed by atoms with Gasteiger partial charge in [0.1, 0.15) is 17.0 Å². The van der Waals surface area contributed by atoms with E-state index in [0.29, 0.717) is 27.1 Å². The molecule has 0 spiro atoms. The number of amides is 1. The van der Waals surface area contributed by atoms with Gasteiger partial charge in [-0.2, -0.15) is 0 Å². The first-order valence-electron chi connectivity index (χ1n) is 7.77. The first-order valence-corrected chi connectivity index (χ1v) is 8.53. The smallest absolute Gasteiger partial charge is 0.225 e. The highest BCUT2D eigenvalue weighted by atomic mass is 35.5. The third-order valence-corrected chi connectivity index (χ3v) is 4.28. The molecule has 8 heteroatoms. The second kappa shape index (κ2) is 9.21. The topological polar surface area (TPSA) is 99.0 Å². The molecule has 0 radical (unpaired) electrons. The Kier molecular flexibility index (Phi) is 7.25. The molecule has 0 bridgehead atoms. The molecule has 0 unspecified atom stereocenters. The number of ether oxygens (including phenoxy) is 1. The Morgan fingerprint density at radius 2 is 1.65 bits per heavy atom.